The Balaban J connectivity index is 2.89. The average Bonchev–Trinajstić information content (AvgIpc) is 2.27. The molecule has 6 nitrogen and oxygen atoms in total. The largest absolute Gasteiger partial charge is 0.325 e. The van der Waals surface area contributed by atoms with Gasteiger partial charge < -0.3 is 10.6 Å². The fourth-order valence-corrected chi connectivity index (χ4v) is 2.35. The SMILES string of the molecule is Cc1c(NC(=O)CNC(C)C)cccc1S(N)(=O)=O. The molecule has 0 aromatic heterocycles. The topological polar surface area (TPSA) is 101 Å². The van der Waals surface area contributed by atoms with Gasteiger partial charge in [-0.15, -0.1) is 0 Å². The van der Waals surface area contributed by atoms with Gasteiger partial charge in [0.15, 0.2) is 0 Å². The summed E-state index contributed by atoms with van der Waals surface area (Å²) in [5, 5.41) is 10.7. The van der Waals surface area contributed by atoms with Crippen molar-refractivity contribution in [1.29, 1.82) is 0 Å². The van der Waals surface area contributed by atoms with Gasteiger partial charge in [-0.3, -0.25) is 4.79 Å². The molecule has 0 atom stereocenters. The lowest BCUT2D eigenvalue weighted by Crippen LogP contribution is -2.32. The Bertz CT molecular complexity index is 568. The Hall–Kier alpha value is -1.44. The Morgan fingerprint density at radius 2 is 2.00 bits per heavy atom. The van der Waals surface area contributed by atoms with Gasteiger partial charge in [0.2, 0.25) is 15.9 Å². The van der Waals surface area contributed by atoms with Crippen molar-refractivity contribution in [3.05, 3.63) is 23.8 Å². The molecular weight excluding hydrogens is 266 g/mol. The van der Waals surface area contributed by atoms with Gasteiger partial charge >= 0.3 is 0 Å². The van der Waals surface area contributed by atoms with Gasteiger partial charge in [0.25, 0.3) is 0 Å². The van der Waals surface area contributed by atoms with Crippen LogP contribution >= 0.6 is 0 Å². The first-order valence-corrected chi connectivity index (χ1v) is 7.42. The molecule has 0 fully saturated rings. The van der Waals surface area contributed by atoms with Crippen LogP contribution in [0.3, 0.4) is 0 Å². The minimum Gasteiger partial charge on any atom is -0.325 e. The summed E-state index contributed by atoms with van der Waals surface area (Å²) in [6.07, 6.45) is 0. The molecule has 1 rings (SSSR count). The second-order valence-corrected chi connectivity index (χ2v) is 6.09. The number of primary sulfonamides is 1. The summed E-state index contributed by atoms with van der Waals surface area (Å²) in [5.74, 6) is -0.233. The van der Waals surface area contributed by atoms with Crippen LogP contribution in [0.25, 0.3) is 0 Å². The Morgan fingerprint density at radius 1 is 1.37 bits per heavy atom. The number of nitrogens with one attached hydrogen (secondary N) is 2. The number of rotatable bonds is 5. The van der Waals surface area contributed by atoms with E-state index in [4.69, 9.17) is 5.14 Å². The maximum Gasteiger partial charge on any atom is 0.238 e. The fraction of sp³-hybridized carbons (Fsp3) is 0.417. The molecule has 0 saturated carbocycles. The van der Waals surface area contributed by atoms with Crippen molar-refractivity contribution in [2.24, 2.45) is 5.14 Å². The zero-order valence-corrected chi connectivity index (χ0v) is 12.0. The van der Waals surface area contributed by atoms with Gasteiger partial charge in [-0.25, -0.2) is 13.6 Å². The molecule has 0 spiro atoms. The molecule has 19 heavy (non-hydrogen) atoms. The molecule has 0 radical (unpaired) electrons. The van der Waals surface area contributed by atoms with Crippen LogP contribution < -0.4 is 15.8 Å². The van der Waals surface area contributed by atoms with Crippen molar-refractivity contribution >= 4 is 21.6 Å². The lowest BCUT2D eigenvalue weighted by molar-refractivity contribution is -0.115. The second-order valence-electron chi connectivity index (χ2n) is 4.56. The minimum atomic E-state index is -3.78. The third-order valence-corrected chi connectivity index (χ3v) is 3.59. The van der Waals surface area contributed by atoms with Crippen LogP contribution in [0.15, 0.2) is 23.1 Å². The van der Waals surface area contributed by atoms with Crippen LogP contribution in [-0.2, 0) is 14.8 Å². The maximum absolute atomic E-state index is 11.7. The van der Waals surface area contributed by atoms with Crippen LogP contribution in [0.5, 0.6) is 0 Å². The lowest BCUT2D eigenvalue weighted by atomic mass is 10.2. The molecule has 1 aromatic carbocycles. The number of anilines is 1. The van der Waals surface area contributed by atoms with Crippen LogP contribution in [0, 0.1) is 6.92 Å². The summed E-state index contributed by atoms with van der Waals surface area (Å²) < 4.78 is 22.7. The molecule has 1 amide bonds. The smallest absolute Gasteiger partial charge is 0.238 e. The summed E-state index contributed by atoms with van der Waals surface area (Å²) in [4.78, 5) is 11.7. The first-order chi connectivity index (χ1) is 8.71. The van der Waals surface area contributed by atoms with E-state index in [9.17, 15) is 13.2 Å². The number of amides is 1. The van der Waals surface area contributed by atoms with Crippen LogP contribution in [0.1, 0.15) is 19.4 Å². The Morgan fingerprint density at radius 3 is 2.53 bits per heavy atom. The molecule has 0 aliphatic heterocycles. The molecule has 0 saturated heterocycles. The third kappa shape index (κ3) is 4.62. The zero-order chi connectivity index (χ0) is 14.6. The highest BCUT2D eigenvalue weighted by Gasteiger charge is 2.14. The van der Waals surface area contributed by atoms with E-state index in [1.807, 2.05) is 13.8 Å². The summed E-state index contributed by atoms with van der Waals surface area (Å²) in [5.41, 5.74) is 0.880. The van der Waals surface area contributed by atoms with Gasteiger partial charge in [0, 0.05) is 11.7 Å². The third-order valence-electron chi connectivity index (χ3n) is 2.54. The van der Waals surface area contributed by atoms with Crippen molar-refractivity contribution in [3.8, 4) is 0 Å². The number of benzene rings is 1. The molecule has 0 heterocycles. The van der Waals surface area contributed by atoms with Gasteiger partial charge in [0.1, 0.15) is 0 Å². The molecule has 0 bridgehead atoms. The highest BCUT2D eigenvalue weighted by Crippen LogP contribution is 2.21. The molecule has 1 aromatic rings. The number of hydrogen-bond acceptors (Lipinski definition) is 4. The van der Waals surface area contributed by atoms with E-state index in [1.165, 1.54) is 12.1 Å². The van der Waals surface area contributed by atoms with E-state index in [0.29, 0.717) is 11.3 Å². The molecule has 0 aliphatic carbocycles. The summed E-state index contributed by atoms with van der Waals surface area (Å²) in [6, 6.07) is 4.78. The molecule has 7 heteroatoms. The standard InChI is InChI=1S/C12H19N3O3S/c1-8(2)14-7-12(16)15-10-5-4-6-11(9(10)3)19(13,17)18/h4-6,8,14H,7H2,1-3H3,(H,15,16)(H2,13,17,18). The Labute approximate surface area is 113 Å². The Kier molecular flexibility index (Phi) is 5.04. The summed E-state index contributed by atoms with van der Waals surface area (Å²) in [6.45, 7) is 5.63. The van der Waals surface area contributed by atoms with Gasteiger partial charge in [-0.1, -0.05) is 19.9 Å². The van der Waals surface area contributed by atoms with Crippen molar-refractivity contribution in [3.63, 3.8) is 0 Å². The number of carbonyl (C=O) groups is 1. The second kappa shape index (κ2) is 6.14. The molecule has 106 valence electrons. The maximum atomic E-state index is 11.7. The molecule has 0 aliphatic rings. The number of sulfonamides is 1. The van der Waals surface area contributed by atoms with E-state index >= 15 is 0 Å². The number of hydrogen-bond donors (Lipinski definition) is 3. The van der Waals surface area contributed by atoms with Crippen LogP contribution in [0.2, 0.25) is 0 Å². The van der Waals surface area contributed by atoms with Crippen molar-refractivity contribution < 1.29 is 13.2 Å². The molecular formula is C12H19N3O3S. The fourth-order valence-electron chi connectivity index (χ4n) is 1.55. The van der Waals surface area contributed by atoms with Crippen molar-refractivity contribution in [2.75, 3.05) is 11.9 Å². The zero-order valence-electron chi connectivity index (χ0n) is 11.2. The highest BCUT2D eigenvalue weighted by molar-refractivity contribution is 7.89. The van der Waals surface area contributed by atoms with Crippen molar-refractivity contribution in [2.45, 2.75) is 31.7 Å². The average molecular weight is 285 g/mol. The summed E-state index contributed by atoms with van der Waals surface area (Å²) >= 11 is 0. The van der Waals surface area contributed by atoms with Gasteiger partial charge in [-0.05, 0) is 24.6 Å². The summed E-state index contributed by atoms with van der Waals surface area (Å²) in [7, 11) is -3.78. The van der Waals surface area contributed by atoms with E-state index in [2.05, 4.69) is 10.6 Å². The van der Waals surface area contributed by atoms with E-state index in [1.54, 1.807) is 13.0 Å². The first kappa shape index (κ1) is 15.6. The predicted molar refractivity (Wildman–Crippen MR) is 74.3 cm³/mol. The van der Waals surface area contributed by atoms with E-state index in [-0.39, 0.29) is 23.4 Å². The molecule has 4 N–H and O–H groups in total. The lowest BCUT2D eigenvalue weighted by Gasteiger charge is -2.12. The normalized spacial score (nSPS) is 11.6. The van der Waals surface area contributed by atoms with E-state index in [0.717, 1.165) is 0 Å². The predicted octanol–water partition coefficient (Wildman–Crippen LogP) is 0.579. The van der Waals surface area contributed by atoms with Crippen molar-refractivity contribution in [1.82, 2.24) is 5.32 Å². The van der Waals surface area contributed by atoms with Gasteiger partial charge in [-0.2, -0.15) is 0 Å². The first-order valence-electron chi connectivity index (χ1n) is 5.87. The monoisotopic (exact) mass is 285 g/mol. The van der Waals surface area contributed by atoms with E-state index < -0.39 is 10.0 Å². The van der Waals surface area contributed by atoms with Crippen LogP contribution in [-0.4, -0.2) is 26.9 Å². The van der Waals surface area contributed by atoms with Gasteiger partial charge in [0.05, 0.1) is 11.4 Å². The quantitative estimate of drug-likeness (QED) is 0.736. The van der Waals surface area contributed by atoms with Crippen LogP contribution in [0.4, 0.5) is 5.69 Å². The number of carbonyl (C=O) groups excluding carboxylic acids is 1. The highest BCUT2D eigenvalue weighted by atomic mass is 32.2. The number of nitrogens with two attached hydrogens (primary N) is 1. The molecule has 0 unspecified atom stereocenters. The minimum absolute atomic E-state index is 0.0159.